The van der Waals surface area contributed by atoms with Crippen LogP contribution in [0.25, 0.3) is 0 Å². The van der Waals surface area contributed by atoms with Gasteiger partial charge in [-0.05, 0) is 43.4 Å². The van der Waals surface area contributed by atoms with E-state index in [0.717, 1.165) is 24.9 Å². The Bertz CT molecular complexity index is 671. The minimum absolute atomic E-state index is 0.111. The van der Waals surface area contributed by atoms with Crippen LogP contribution in [0.15, 0.2) is 24.3 Å². The summed E-state index contributed by atoms with van der Waals surface area (Å²) in [6.45, 7) is 2.87. The fourth-order valence-electron chi connectivity index (χ4n) is 2.98. The zero-order chi connectivity index (χ0) is 18.4. The first kappa shape index (κ1) is 19.9. The molecule has 0 saturated carbocycles. The van der Waals surface area contributed by atoms with E-state index in [9.17, 15) is 13.2 Å². The van der Waals surface area contributed by atoms with E-state index in [4.69, 9.17) is 0 Å². The first-order valence-electron chi connectivity index (χ1n) is 8.92. The van der Waals surface area contributed by atoms with Gasteiger partial charge < -0.3 is 5.32 Å². The van der Waals surface area contributed by atoms with Crippen LogP contribution in [-0.2, 0) is 21.4 Å². The van der Waals surface area contributed by atoms with Crippen molar-refractivity contribution >= 4 is 21.8 Å². The van der Waals surface area contributed by atoms with Crippen molar-refractivity contribution in [3.8, 4) is 0 Å². The number of hydrogen-bond acceptors (Lipinski definition) is 3. The summed E-state index contributed by atoms with van der Waals surface area (Å²) in [5, 5.41) is 2.92. The second-order valence-electron chi connectivity index (χ2n) is 6.78. The largest absolute Gasteiger partial charge is 0.326 e. The molecule has 1 atom stereocenters. The fraction of sp³-hybridized carbons (Fsp3) is 0.611. The zero-order valence-electron chi connectivity index (χ0n) is 15.4. The topological polar surface area (TPSA) is 69.7 Å². The quantitative estimate of drug-likeness (QED) is 0.805. The third kappa shape index (κ3) is 5.26. The molecule has 0 spiro atoms. The molecular formula is C18H29N3O3S. The normalized spacial score (nSPS) is 19.1. The van der Waals surface area contributed by atoms with Crippen molar-refractivity contribution in [2.24, 2.45) is 5.92 Å². The summed E-state index contributed by atoms with van der Waals surface area (Å²) >= 11 is 0. The second kappa shape index (κ2) is 8.78. The lowest BCUT2D eigenvalue weighted by Gasteiger charge is -2.32. The van der Waals surface area contributed by atoms with E-state index >= 15 is 0 Å². The van der Waals surface area contributed by atoms with Gasteiger partial charge in [0.1, 0.15) is 0 Å². The Morgan fingerprint density at radius 2 is 1.96 bits per heavy atom. The number of anilines is 1. The number of rotatable bonds is 7. The summed E-state index contributed by atoms with van der Waals surface area (Å²) < 4.78 is 27.1. The number of amides is 1. The Balaban J connectivity index is 1.96. The lowest BCUT2D eigenvalue weighted by atomic mass is 9.98. The van der Waals surface area contributed by atoms with Gasteiger partial charge in [-0.25, -0.2) is 0 Å². The third-order valence-electron chi connectivity index (χ3n) is 4.58. The summed E-state index contributed by atoms with van der Waals surface area (Å²) in [5.41, 5.74) is 2.03. The van der Waals surface area contributed by atoms with Crippen LogP contribution in [0.1, 0.15) is 38.2 Å². The summed E-state index contributed by atoms with van der Waals surface area (Å²) in [5.74, 6) is -0.428. The van der Waals surface area contributed by atoms with Crippen molar-refractivity contribution in [2.45, 2.75) is 39.0 Å². The maximum Gasteiger partial charge on any atom is 0.281 e. The summed E-state index contributed by atoms with van der Waals surface area (Å²) in [4.78, 5) is 12.5. The molecule has 1 fully saturated rings. The fourth-order valence-corrected chi connectivity index (χ4v) is 4.17. The van der Waals surface area contributed by atoms with Crippen LogP contribution in [0.2, 0.25) is 0 Å². The minimum atomic E-state index is -3.47. The monoisotopic (exact) mass is 367 g/mol. The molecule has 1 amide bonds. The van der Waals surface area contributed by atoms with E-state index in [2.05, 4.69) is 12.2 Å². The molecule has 0 aliphatic carbocycles. The summed E-state index contributed by atoms with van der Waals surface area (Å²) in [6.07, 6.45) is 4.77. The van der Waals surface area contributed by atoms with Crippen LogP contribution in [0.5, 0.6) is 0 Å². The molecule has 7 heteroatoms. The molecule has 6 nitrogen and oxygen atoms in total. The number of nitrogens with zero attached hydrogens (tertiary/aromatic N) is 2. The first-order valence-corrected chi connectivity index (χ1v) is 10.3. The molecule has 2 rings (SSSR count). The lowest BCUT2D eigenvalue weighted by molar-refractivity contribution is -0.120. The average molecular weight is 368 g/mol. The van der Waals surface area contributed by atoms with Crippen molar-refractivity contribution in [1.82, 2.24) is 8.61 Å². The molecule has 1 aromatic carbocycles. The van der Waals surface area contributed by atoms with Gasteiger partial charge in [0.05, 0.1) is 5.92 Å². The standard InChI is InChI=1S/C18H29N3O3S/c1-4-5-7-15-9-11-17(12-10-15)19-18(22)16-8-6-13-21(14-16)25(23,24)20(2)3/h9-12,16H,4-8,13-14H2,1-3H3,(H,19,22)/t16-/m1/s1. The zero-order valence-corrected chi connectivity index (χ0v) is 16.2. The van der Waals surface area contributed by atoms with Crippen LogP contribution in [0.3, 0.4) is 0 Å². The van der Waals surface area contributed by atoms with Crippen molar-refractivity contribution in [2.75, 3.05) is 32.5 Å². The van der Waals surface area contributed by atoms with Gasteiger partial charge in [0.15, 0.2) is 0 Å². The molecule has 0 aromatic heterocycles. The molecule has 1 N–H and O–H groups in total. The van der Waals surface area contributed by atoms with Gasteiger partial charge in [-0.3, -0.25) is 4.79 Å². The van der Waals surface area contributed by atoms with Crippen LogP contribution in [-0.4, -0.2) is 50.1 Å². The molecule has 1 aliphatic rings. The van der Waals surface area contributed by atoms with E-state index < -0.39 is 10.2 Å². The van der Waals surface area contributed by atoms with Gasteiger partial charge in [-0.15, -0.1) is 0 Å². The highest BCUT2D eigenvalue weighted by molar-refractivity contribution is 7.86. The number of benzene rings is 1. The lowest BCUT2D eigenvalue weighted by Crippen LogP contribution is -2.47. The predicted molar refractivity (Wildman–Crippen MR) is 101 cm³/mol. The maximum atomic E-state index is 12.5. The van der Waals surface area contributed by atoms with E-state index in [1.165, 1.54) is 28.3 Å². The SMILES string of the molecule is CCCCc1ccc(NC(=O)[C@@H]2CCCN(S(=O)(=O)N(C)C)C2)cc1. The van der Waals surface area contributed by atoms with Crippen LogP contribution in [0.4, 0.5) is 5.69 Å². The first-order chi connectivity index (χ1) is 11.8. The summed E-state index contributed by atoms with van der Waals surface area (Å²) in [6, 6.07) is 7.91. The number of carbonyl (C=O) groups is 1. The van der Waals surface area contributed by atoms with Gasteiger partial charge >= 0.3 is 0 Å². The Hall–Kier alpha value is -1.44. The highest BCUT2D eigenvalue weighted by Crippen LogP contribution is 2.22. The molecule has 0 bridgehead atoms. The van der Waals surface area contributed by atoms with Crippen molar-refractivity contribution in [1.29, 1.82) is 0 Å². The number of nitrogens with one attached hydrogen (secondary N) is 1. The van der Waals surface area contributed by atoms with Gasteiger partial charge in [-0.2, -0.15) is 17.0 Å². The number of aryl methyl sites for hydroxylation is 1. The van der Waals surface area contributed by atoms with Crippen molar-refractivity contribution in [3.63, 3.8) is 0 Å². The van der Waals surface area contributed by atoms with Crippen LogP contribution in [0, 0.1) is 5.92 Å². The second-order valence-corrected chi connectivity index (χ2v) is 8.92. The molecular weight excluding hydrogens is 338 g/mol. The molecule has 1 saturated heterocycles. The average Bonchev–Trinajstić information content (AvgIpc) is 2.61. The molecule has 1 aromatic rings. The molecule has 140 valence electrons. The van der Waals surface area contributed by atoms with Crippen LogP contribution < -0.4 is 5.32 Å². The molecule has 0 radical (unpaired) electrons. The number of hydrogen-bond donors (Lipinski definition) is 1. The maximum absolute atomic E-state index is 12.5. The highest BCUT2D eigenvalue weighted by atomic mass is 32.2. The van der Waals surface area contributed by atoms with E-state index in [0.29, 0.717) is 19.4 Å². The van der Waals surface area contributed by atoms with Gasteiger partial charge in [0, 0.05) is 32.9 Å². The van der Waals surface area contributed by atoms with Gasteiger partial charge in [0.2, 0.25) is 5.91 Å². The summed E-state index contributed by atoms with van der Waals surface area (Å²) in [7, 11) is -0.441. The Morgan fingerprint density at radius 1 is 1.28 bits per heavy atom. The Morgan fingerprint density at radius 3 is 2.56 bits per heavy atom. The molecule has 25 heavy (non-hydrogen) atoms. The van der Waals surface area contributed by atoms with E-state index in [1.54, 1.807) is 0 Å². The number of unbranched alkanes of at least 4 members (excludes halogenated alkanes) is 1. The number of piperidine rings is 1. The predicted octanol–water partition coefficient (Wildman–Crippen LogP) is 2.49. The smallest absolute Gasteiger partial charge is 0.281 e. The molecule has 1 heterocycles. The van der Waals surface area contributed by atoms with Gasteiger partial charge in [0.25, 0.3) is 10.2 Å². The molecule has 0 unspecified atom stereocenters. The van der Waals surface area contributed by atoms with E-state index in [1.807, 2.05) is 24.3 Å². The third-order valence-corrected chi connectivity index (χ3v) is 6.49. The van der Waals surface area contributed by atoms with Gasteiger partial charge in [-0.1, -0.05) is 25.5 Å². The molecule has 1 aliphatic heterocycles. The van der Waals surface area contributed by atoms with Crippen molar-refractivity contribution in [3.05, 3.63) is 29.8 Å². The van der Waals surface area contributed by atoms with Crippen LogP contribution >= 0.6 is 0 Å². The Labute approximate surface area is 151 Å². The minimum Gasteiger partial charge on any atom is -0.326 e. The Kier molecular flexibility index (Phi) is 6.98. The number of carbonyl (C=O) groups excluding carboxylic acids is 1. The van der Waals surface area contributed by atoms with Crippen molar-refractivity contribution < 1.29 is 13.2 Å². The van der Waals surface area contributed by atoms with E-state index in [-0.39, 0.29) is 18.4 Å². The highest BCUT2D eigenvalue weighted by Gasteiger charge is 2.33.